The first kappa shape index (κ1) is 8.35. The molecule has 0 spiro atoms. The number of nitrogens with zero attached hydrogens (tertiary/aromatic N) is 2. The molecule has 13 heavy (non-hydrogen) atoms. The van der Waals surface area contributed by atoms with Crippen LogP contribution in [0.25, 0.3) is 0 Å². The topological polar surface area (TPSA) is 29.9 Å². The number of aromatic nitrogens is 2. The first-order valence-corrected chi connectivity index (χ1v) is 4.79. The Hall–Kier alpha value is -1.25. The maximum absolute atomic E-state index is 4.26. The third-order valence-corrected chi connectivity index (χ3v) is 2.54. The van der Waals surface area contributed by atoms with Gasteiger partial charge in [0.1, 0.15) is 0 Å². The van der Waals surface area contributed by atoms with E-state index >= 15 is 0 Å². The molecule has 0 amide bonds. The van der Waals surface area contributed by atoms with Crippen LogP contribution in [0.2, 0.25) is 0 Å². The Morgan fingerprint density at radius 3 is 3.15 bits per heavy atom. The number of anilines is 1. The zero-order valence-electron chi connectivity index (χ0n) is 7.74. The third-order valence-electron chi connectivity index (χ3n) is 2.54. The van der Waals surface area contributed by atoms with Crippen molar-refractivity contribution in [3.63, 3.8) is 0 Å². The standard InChI is InChI=1S/C10H15N3/c1-2-6-11-10-12-7-8-13(10)9-4-3-5-9/h2,7-9H,1,3-6H2,(H,11,12). The second-order valence-electron chi connectivity index (χ2n) is 3.41. The summed E-state index contributed by atoms with van der Waals surface area (Å²) in [5.41, 5.74) is 0. The molecular weight excluding hydrogens is 162 g/mol. The van der Waals surface area contributed by atoms with Crippen LogP contribution in [0.5, 0.6) is 0 Å². The maximum Gasteiger partial charge on any atom is 0.203 e. The highest BCUT2D eigenvalue weighted by Crippen LogP contribution is 2.33. The first-order valence-electron chi connectivity index (χ1n) is 4.79. The summed E-state index contributed by atoms with van der Waals surface area (Å²) in [6.07, 6.45) is 9.68. The van der Waals surface area contributed by atoms with Crippen molar-refractivity contribution in [2.45, 2.75) is 25.3 Å². The fourth-order valence-corrected chi connectivity index (χ4v) is 1.57. The number of rotatable bonds is 4. The van der Waals surface area contributed by atoms with E-state index in [0.717, 1.165) is 12.5 Å². The lowest BCUT2D eigenvalue weighted by Gasteiger charge is -2.28. The lowest BCUT2D eigenvalue weighted by molar-refractivity contribution is 0.316. The van der Waals surface area contributed by atoms with Gasteiger partial charge in [-0.1, -0.05) is 6.08 Å². The van der Waals surface area contributed by atoms with Gasteiger partial charge in [0.15, 0.2) is 0 Å². The van der Waals surface area contributed by atoms with Crippen LogP contribution in [0.4, 0.5) is 5.95 Å². The predicted molar refractivity (Wildman–Crippen MR) is 53.8 cm³/mol. The number of imidazole rings is 1. The highest BCUT2D eigenvalue weighted by molar-refractivity contribution is 5.28. The first-order chi connectivity index (χ1) is 6.42. The Bertz CT molecular complexity index is 286. The highest BCUT2D eigenvalue weighted by Gasteiger charge is 2.20. The molecule has 1 saturated carbocycles. The monoisotopic (exact) mass is 177 g/mol. The van der Waals surface area contributed by atoms with Crippen LogP contribution >= 0.6 is 0 Å². The van der Waals surface area contributed by atoms with Crippen LogP contribution in [0.1, 0.15) is 25.3 Å². The van der Waals surface area contributed by atoms with Crippen LogP contribution in [-0.4, -0.2) is 16.1 Å². The minimum Gasteiger partial charge on any atom is -0.352 e. The molecular formula is C10H15N3. The van der Waals surface area contributed by atoms with E-state index in [9.17, 15) is 0 Å². The lowest BCUT2D eigenvalue weighted by atomic mass is 9.93. The molecule has 1 N–H and O–H groups in total. The molecule has 3 heteroatoms. The Kier molecular flexibility index (Phi) is 2.34. The summed E-state index contributed by atoms with van der Waals surface area (Å²) < 4.78 is 2.23. The van der Waals surface area contributed by atoms with Crippen molar-refractivity contribution >= 4 is 5.95 Å². The molecule has 1 heterocycles. The van der Waals surface area contributed by atoms with Gasteiger partial charge in [0.2, 0.25) is 5.95 Å². The van der Waals surface area contributed by atoms with Crippen molar-refractivity contribution in [1.29, 1.82) is 0 Å². The summed E-state index contributed by atoms with van der Waals surface area (Å²) in [6, 6.07) is 0.676. The summed E-state index contributed by atoms with van der Waals surface area (Å²) in [5.74, 6) is 0.976. The van der Waals surface area contributed by atoms with Gasteiger partial charge in [-0.25, -0.2) is 4.98 Å². The van der Waals surface area contributed by atoms with Gasteiger partial charge < -0.3 is 9.88 Å². The number of hydrogen-bond donors (Lipinski definition) is 1. The smallest absolute Gasteiger partial charge is 0.203 e. The normalized spacial score (nSPS) is 16.6. The molecule has 1 aromatic rings. The van der Waals surface area contributed by atoms with Crippen molar-refractivity contribution < 1.29 is 0 Å². The van der Waals surface area contributed by atoms with Gasteiger partial charge in [-0.05, 0) is 19.3 Å². The minimum absolute atomic E-state index is 0.676. The molecule has 0 bridgehead atoms. The Labute approximate surface area is 78.5 Å². The molecule has 0 radical (unpaired) electrons. The SMILES string of the molecule is C=CCNc1nccn1C1CCC1. The zero-order valence-corrected chi connectivity index (χ0v) is 7.74. The van der Waals surface area contributed by atoms with E-state index < -0.39 is 0 Å². The van der Waals surface area contributed by atoms with Gasteiger partial charge in [0.05, 0.1) is 0 Å². The molecule has 0 aromatic carbocycles. The van der Waals surface area contributed by atoms with Gasteiger partial charge in [-0.15, -0.1) is 6.58 Å². The van der Waals surface area contributed by atoms with Crippen molar-refractivity contribution in [2.75, 3.05) is 11.9 Å². The van der Waals surface area contributed by atoms with Gasteiger partial charge in [0.25, 0.3) is 0 Å². The fourth-order valence-electron chi connectivity index (χ4n) is 1.57. The molecule has 1 aliphatic rings. The van der Waals surface area contributed by atoms with Gasteiger partial charge in [0, 0.05) is 25.0 Å². The van der Waals surface area contributed by atoms with E-state index in [2.05, 4.69) is 27.6 Å². The van der Waals surface area contributed by atoms with Gasteiger partial charge in [-0.2, -0.15) is 0 Å². The van der Waals surface area contributed by atoms with Crippen LogP contribution in [0.3, 0.4) is 0 Å². The molecule has 0 atom stereocenters. The predicted octanol–water partition coefficient (Wildman–Crippen LogP) is 2.21. The number of hydrogen-bond acceptors (Lipinski definition) is 2. The van der Waals surface area contributed by atoms with Crippen molar-refractivity contribution in [2.24, 2.45) is 0 Å². The largest absolute Gasteiger partial charge is 0.352 e. The summed E-state index contributed by atoms with van der Waals surface area (Å²) >= 11 is 0. The highest BCUT2D eigenvalue weighted by atomic mass is 15.2. The maximum atomic E-state index is 4.26. The molecule has 1 aliphatic carbocycles. The molecule has 2 rings (SSSR count). The average Bonchev–Trinajstić information content (AvgIpc) is 2.46. The summed E-state index contributed by atoms with van der Waals surface area (Å²) in [7, 11) is 0. The molecule has 0 saturated heterocycles. The van der Waals surface area contributed by atoms with Crippen LogP contribution in [0, 0.1) is 0 Å². The fraction of sp³-hybridized carbons (Fsp3) is 0.500. The summed E-state index contributed by atoms with van der Waals surface area (Å²) in [6.45, 7) is 4.45. The van der Waals surface area contributed by atoms with E-state index in [-0.39, 0.29) is 0 Å². The average molecular weight is 177 g/mol. The van der Waals surface area contributed by atoms with E-state index in [0.29, 0.717) is 6.04 Å². The van der Waals surface area contributed by atoms with Crippen LogP contribution in [-0.2, 0) is 0 Å². The molecule has 3 nitrogen and oxygen atoms in total. The molecule has 1 fully saturated rings. The van der Waals surface area contributed by atoms with Crippen LogP contribution in [0.15, 0.2) is 25.0 Å². The summed E-state index contributed by atoms with van der Waals surface area (Å²) in [5, 5.41) is 3.23. The van der Waals surface area contributed by atoms with E-state index in [1.165, 1.54) is 19.3 Å². The van der Waals surface area contributed by atoms with Crippen molar-refractivity contribution in [3.05, 3.63) is 25.0 Å². The Morgan fingerprint density at radius 2 is 2.54 bits per heavy atom. The Morgan fingerprint density at radius 1 is 1.69 bits per heavy atom. The molecule has 1 aromatic heterocycles. The van der Waals surface area contributed by atoms with E-state index in [1.807, 2.05) is 12.3 Å². The second-order valence-corrected chi connectivity index (χ2v) is 3.41. The molecule has 0 unspecified atom stereocenters. The zero-order chi connectivity index (χ0) is 9.10. The third kappa shape index (κ3) is 1.59. The second kappa shape index (κ2) is 3.64. The lowest BCUT2D eigenvalue weighted by Crippen LogP contribution is -2.18. The van der Waals surface area contributed by atoms with Crippen molar-refractivity contribution in [3.8, 4) is 0 Å². The van der Waals surface area contributed by atoms with Gasteiger partial charge in [-0.3, -0.25) is 0 Å². The minimum atomic E-state index is 0.676. The van der Waals surface area contributed by atoms with E-state index in [4.69, 9.17) is 0 Å². The number of nitrogens with one attached hydrogen (secondary N) is 1. The summed E-state index contributed by atoms with van der Waals surface area (Å²) in [4.78, 5) is 4.26. The quantitative estimate of drug-likeness (QED) is 0.714. The van der Waals surface area contributed by atoms with E-state index in [1.54, 1.807) is 0 Å². The van der Waals surface area contributed by atoms with Crippen molar-refractivity contribution in [1.82, 2.24) is 9.55 Å². The van der Waals surface area contributed by atoms with Crippen LogP contribution < -0.4 is 5.32 Å². The van der Waals surface area contributed by atoms with Gasteiger partial charge >= 0.3 is 0 Å². The molecule has 0 aliphatic heterocycles. The Balaban J connectivity index is 2.05. The molecule has 70 valence electrons.